The largest absolute Gasteiger partial charge is 0.472 e. The molecule has 49 heteroatoms. The van der Waals surface area contributed by atoms with Gasteiger partial charge in [-0.1, -0.05) is 0 Å². The first-order chi connectivity index (χ1) is 43.2. The van der Waals surface area contributed by atoms with Crippen LogP contribution in [0.15, 0.2) is 50.6 Å². The number of nitrogens with two attached hydrogens (primary N) is 4. The van der Waals surface area contributed by atoms with Crippen LogP contribution in [0.5, 0.6) is 0 Å². The van der Waals surface area contributed by atoms with E-state index in [1.54, 1.807) is 0 Å². The molecule has 0 spiro atoms. The van der Waals surface area contributed by atoms with Crippen LogP contribution >= 0.6 is 30.8 Å². The van der Waals surface area contributed by atoms with Gasteiger partial charge >= 0.3 is 30.8 Å². The highest BCUT2D eigenvalue weighted by molar-refractivity contribution is 7.52. The Hall–Kier alpha value is -6.52. The van der Waals surface area contributed by atoms with E-state index in [-0.39, 0.29) is 67.9 Å². The monoisotopic (exact) mass is 1360 g/mol. The number of rotatable bonds is 24. The molecule has 0 amide bonds. The Bertz CT molecular complexity index is 4190. The summed E-state index contributed by atoms with van der Waals surface area (Å²) in [5.74, 6) is -0.265. The zero-order valence-electron chi connectivity index (χ0n) is 45.9. The number of nitrogens with zero attached hydrogens (tertiary/aromatic N) is 16. The SMILES string of the molecule is Nc1ncnc2c1ncn2[C@@H]1O[C@H](COCP(=O)(O)O[C@@H]2[C@H](O)[C@@H](COCP(=O)(O)O[C@@H]3[C@H](O)[C@@H](COP(=O)(O)O[C@@H]4[C@H](O)[C@@H](COP(=O)(O)O)O[C@H]4n4cnc5c(N)ncnc54)O[C@H]3n3cnc4c(N)ncnc43)O[C@H]2n2cnc3c(N)ncnc32)[C@@H](O)[C@H]1O. The summed E-state index contributed by atoms with van der Waals surface area (Å²) in [5.41, 5.74) is 24.2. The summed E-state index contributed by atoms with van der Waals surface area (Å²) in [6, 6.07) is 0. The van der Waals surface area contributed by atoms with Crippen molar-refractivity contribution in [2.24, 2.45) is 0 Å². The van der Waals surface area contributed by atoms with E-state index in [1.165, 1.54) is 15.5 Å². The molecule has 492 valence electrons. The highest BCUT2D eigenvalue weighted by Crippen LogP contribution is 2.54. The van der Waals surface area contributed by atoms with Gasteiger partial charge in [-0.15, -0.1) is 0 Å². The number of hydrogen-bond acceptors (Lipinski definition) is 36. The van der Waals surface area contributed by atoms with Crippen LogP contribution in [0.3, 0.4) is 0 Å². The number of aliphatic hydroxyl groups excluding tert-OH is 5. The van der Waals surface area contributed by atoms with Gasteiger partial charge in [0.05, 0.1) is 51.7 Å². The maximum absolute atomic E-state index is 14.1. The van der Waals surface area contributed by atoms with Crippen LogP contribution in [0.25, 0.3) is 44.7 Å². The van der Waals surface area contributed by atoms with E-state index in [0.29, 0.717) is 0 Å². The zero-order valence-corrected chi connectivity index (χ0v) is 49.5. The van der Waals surface area contributed by atoms with Gasteiger partial charge in [0.25, 0.3) is 0 Å². The fourth-order valence-electron chi connectivity index (χ4n) is 10.4. The minimum Gasteiger partial charge on any atom is -0.387 e. The number of fused-ring (bicyclic) bond motifs is 4. The third-order valence-corrected chi connectivity index (χ3v) is 18.3. The average molecular weight is 1360 g/mol. The number of anilines is 4. The van der Waals surface area contributed by atoms with Crippen LogP contribution < -0.4 is 22.9 Å². The van der Waals surface area contributed by atoms with Crippen LogP contribution in [0.1, 0.15) is 24.9 Å². The second-order valence-electron chi connectivity index (χ2n) is 20.6. The number of phosphoric acid groups is 2. The van der Waals surface area contributed by atoms with Crippen molar-refractivity contribution in [3.05, 3.63) is 50.6 Å². The Kier molecular flexibility index (Phi) is 17.8. The molecule has 0 radical (unpaired) electrons. The summed E-state index contributed by atoms with van der Waals surface area (Å²) in [7, 11) is -20.8. The van der Waals surface area contributed by atoms with Crippen molar-refractivity contribution in [3.63, 3.8) is 0 Å². The van der Waals surface area contributed by atoms with E-state index < -0.39 is 168 Å². The number of phosphoric ester groups is 2. The van der Waals surface area contributed by atoms with Gasteiger partial charge in [-0.05, 0) is 0 Å². The molecule has 4 aliphatic rings. The van der Waals surface area contributed by atoms with Crippen molar-refractivity contribution >= 4 is 98.8 Å². The first-order valence-corrected chi connectivity index (χ1v) is 33.0. The Morgan fingerprint density at radius 2 is 0.703 bits per heavy atom. The Labute approximate surface area is 505 Å². The van der Waals surface area contributed by atoms with Crippen molar-refractivity contribution in [1.29, 1.82) is 0 Å². The molecule has 0 aromatic carbocycles. The third kappa shape index (κ3) is 13.0. The molecule has 8 aromatic rings. The molecule has 3 unspecified atom stereocenters. The first kappa shape index (κ1) is 64.6. The van der Waals surface area contributed by atoms with Gasteiger partial charge in [0.1, 0.15) is 133 Å². The molecule has 0 aliphatic carbocycles. The average Bonchev–Trinajstić information content (AvgIpc) is 1.65. The Balaban J connectivity index is 0.720. The zero-order chi connectivity index (χ0) is 64.6. The van der Waals surface area contributed by atoms with E-state index in [9.17, 15) is 68.3 Å². The molecule has 0 saturated carbocycles. The lowest BCUT2D eigenvalue weighted by atomic mass is 10.1. The van der Waals surface area contributed by atoms with E-state index in [2.05, 4.69) is 64.3 Å². The summed E-state index contributed by atoms with van der Waals surface area (Å²) in [4.78, 5) is 101. The molecule has 4 aliphatic heterocycles. The lowest BCUT2D eigenvalue weighted by Crippen LogP contribution is -2.37. The van der Waals surface area contributed by atoms with Crippen molar-refractivity contribution < 1.29 is 119 Å². The molecule has 0 bridgehead atoms. The van der Waals surface area contributed by atoms with Gasteiger partial charge in [0.15, 0.2) is 70.8 Å². The Morgan fingerprint density at radius 1 is 0.396 bits per heavy atom. The number of aromatic nitrogens is 16. The number of hydrogen-bond donors (Lipinski definition) is 14. The van der Waals surface area contributed by atoms with Crippen LogP contribution in [0, 0.1) is 0 Å². The van der Waals surface area contributed by atoms with Gasteiger partial charge in [-0.25, -0.2) is 68.9 Å². The van der Waals surface area contributed by atoms with Crippen molar-refractivity contribution in [1.82, 2.24) is 78.1 Å². The van der Waals surface area contributed by atoms with Crippen molar-refractivity contribution in [3.8, 4) is 0 Å². The molecule has 45 nitrogen and oxygen atoms in total. The maximum atomic E-state index is 14.1. The molecule has 4 saturated heterocycles. The highest BCUT2D eigenvalue weighted by atomic mass is 31.2. The van der Waals surface area contributed by atoms with E-state index in [0.717, 1.165) is 53.4 Å². The molecule has 19 atom stereocenters. The number of nitrogen functional groups attached to an aromatic ring is 4. The van der Waals surface area contributed by atoms with Crippen molar-refractivity contribution in [2.45, 2.75) is 98.2 Å². The van der Waals surface area contributed by atoms with Gasteiger partial charge in [0.2, 0.25) is 0 Å². The predicted octanol–water partition coefficient (Wildman–Crippen LogP) is -4.23. The quantitative estimate of drug-likeness (QED) is 0.0255. The lowest BCUT2D eigenvalue weighted by Gasteiger charge is -2.25. The normalized spacial score (nSPS) is 30.9. The molecular weight excluding hydrogens is 1310 g/mol. The predicted molar refractivity (Wildman–Crippen MR) is 294 cm³/mol. The third-order valence-electron chi connectivity index (χ3n) is 14.6. The summed E-state index contributed by atoms with van der Waals surface area (Å²) in [5, 5.41) is 56.6. The minimum absolute atomic E-state index is 0.00182. The topological polar surface area (TPSA) is 651 Å². The standard InChI is InChI=1S/C42H54N20O25P4/c43-31-19-35(51-5-47-31)59(9-55-19)39-27(67)23(63)15(81-39)1-77-13-88(68,69)85-28-24(64)16(82-40(28)60-10-56-20-32(44)48-6-52-36(20)60)2-78-14-89(70,71)86-29-25(65)18(84-41(29)61-11-57-21-33(45)49-7-53-37(21)61)4-80-91(75,76)87-30-26(66)17(3-79-90(72,73)74)83-42(30)62-12-58-22-34(46)50-8-54-38(22)62/h5-12,15-18,23-30,39-42,63-67H,1-4,13-14H2,(H,68,69)(H,70,71)(H,75,76)(H2,43,47,51)(H2,44,48,52)(H2,45,49,53)(H2,46,50,54)(H2,72,73,74)/t15-,16-,17-,18-,23-,24-,25-,26-,27-,28-,29-,30-,39-,40-,41-,42-/m1/s1. The number of aliphatic hydroxyl groups is 5. The maximum Gasteiger partial charge on any atom is 0.472 e. The van der Waals surface area contributed by atoms with Gasteiger partial charge in [-0.2, -0.15) is 0 Å². The Morgan fingerprint density at radius 3 is 1.07 bits per heavy atom. The molecule has 18 N–H and O–H groups in total. The second-order valence-corrected chi connectivity index (χ2v) is 26.7. The molecule has 8 aromatic heterocycles. The van der Waals surface area contributed by atoms with Crippen molar-refractivity contribution in [2.75, 3.05) is 62.1 Å². The fraction of sp³-hybridized carbons (Fsp3) is 0.524. The summed E-state index contributed by atoms with van der Waals surface area (Å²) >= 11 is 0. The summed E-state index contributed by atoms with van der Waals surface area (Å²) in [6.45, 7) is -3.43. The van der Waals surface area contributed by atoms with E-state index in [4.69, 9.17) is 69.5 Å². The highest BCUT2D eigenvalue weighted by Gasteiger charge is 2.54. The summed E-state index contributed by atoms with van der Waals surface area (Å²) in [6.07, 6.45) is -20.7. The molecule has 12 rings (SSSR count). The van der Waals surface area contributed by atoms with Gasteiger partial charge in [-0.3, -0.25) is 50.0 Å². The van der Waals surface area contributed by atoms with Crippen LogP contribution in [0.2, 0.25) is 0 Å². The first-order valence-electron chi connectivity index (χ1n) is 26.4. The van der Waals surface area contributed by atoms with Gasteiger partial charge in [0, 0.05) is 0 Å². The second kappa shape index (κ2) is 25.1. The molecular formula is C42H54N20O25P4. The number of ether oxygens (including phenoxy) is 6. The smallest absolute Gasteiger partial charge is 0.387 e. The molecule has 12 heterocycles. The fourth-order valence-corrected chi connectivity index (χ4v) is 13.7. The van der Waals surface area contributed by atoms with E-state index >= 15 is 0 Å². The van der Waals surface area contributed by atoms with Crippen LogP contribution in [0.4, 0.5) is 23.3 Å². The van der Waals surface area contributed by atoms with Gasteiger partial charge < -0.3 is 101 Å². The lowest BCUT2D eigenvalue weighted by molar-refractivity contribution is -0.0657. The minimum atomic E-state index is -5.50. The molecule has 4 fully saturated rings. The number of imidazole rings is 4. The van der Waals surface area contributed by atoms with E-state index in [1.807, 2.05) is 0 Å². The van der Waals surface area contributed by atoms with Crippen LogP contribution in [-0.2, 0) is 69.3 Å². The summed E-state index contributed by atoms with van der Waals surface area (Å²) < 4.78 is 119. The van der Waals surface area contributed by atoms with Crippen LogP contribution in [-0.4, -0.2) is 240 Å². The molecule has 91 heavy (non-hydrogen) atoms.